The molecule has 0 fully saturated rings. The molecule has 0 aromatic carbocycles. The lowest BCUT2D eigenvalue weighted by molar-refractivity contribution is 0.276. The summed E-state index contributed by atoms with van der Waals surface area (Å²) in [6, 6.07) is 0. The van der Waals surface area contributed by atoms with Crippen molar-refractivity contribution in [1.29, 1.82) is 0 Å². The third-order valence-electron chi connectivity index (χ3n) is 1.39. The maximum absolute atomic E-state index is 5.20. The van der Waals surface area contributed by atoms with Gasteiger partial charge in [-0.15, -0.1) is 0 Å². The number of nitrogens with zero attached hydrogens (tertiary/aromatic N) is 2. The first-order valence-electron chi connectivity index (χ1n) is 3.07. The standard InChI is InChI=1S/C7H6N2O/c1-3-8-9-5-7-6(1)2-4-10-7/h1-3,5H,4H2. The quantitative estimate of drug-likeness (QED) is 0.497. The van der Waals surface area contributed by atoms with E-state index in [2.05, 4.69) is 10.2 Å². The van der Waals surface area contributed by atoms with E-state index in [1.165, 1.54) is 0 Å². The molecule has 0 bridgehead atoms. The number of ether oxygens (including phenoxy) is 1. The third-order valence-corrected chi connectivity index (χ3v) is 1.39. The van der Waals surface area contributed by atoms with Crippen molar-refractivity contribution < 1.29 is 4.74 Å². The number of allylic oxidation sites excluding steroid dienone is 1. The fourth-order valence-electron chi connectivity index (χ4n) is 0.905. The zero-order valence-electron chi connectivity index (χ0n) is 5.32. The lowest BCUT2D eigenvalue weighted by Gasteiger charge is -1.95. The fraction of sp³-hybridized carbons (Fsp3) is 0.143. The molecular formula is C7H6N2O. The van der Waals surface area contributed by atoms with Crippen LogP contribution in [0.3, 0.4) is 0 Å². The largest absolute Gasteiger partial charge is 0.487 e. The molecule has 0 saturated carbocycles. The molecule has 0 amide bonds. The summed E-state index contributed by atoms with van der Waals surface area (Å²) in [5.74, 6) is 0.817. The van der Waals surface area contributed by atoms with Crippen LogP contribution >= 0.6 is 0 Å². The second kappa shape index (κ2) is 2.10. The summed E-state index contributed by atoms with van der Waals surface area (Å²) in [7, 11) is 0. The summed E-state index contributed by atoms with van der Waals surface area (Å²) in [6.45, 7) is 0.654. The molecule has 0 aromatic rings. The van der Waals surface area contributed by atoms with Crippen LogP contribution in [0, 0.1) is 0 Å². The first kappa shape index (κ1) is 5.41. The molecule has 2 heterocycles. The van der Waals surface area contributed by atoms with Crippen LogP contribution in [0.25, 0.3) is 0 Å². The third kappa shape index (κ3) is 0.757. The van der Waals surface area contributed by atoms with E-state index in [0.29, 0.717) is 6.61 Å². The van der Waals surface area contributed by atoms with E-state index in [0.717, 1.165) is 11.3 Å². The molecule has 0 atom stereocenters. The highest BCUT2D eigenvalue weighted by Crippen LogP contribution is 2.21. The Hall–Kier alpha value is -1.38. The first-order chi connectivity index (χ1) is 4.97. The van der Waals surface area contributed by atoms with Gasteiger partial charge in [0.15, 0.2) is 0 Å². The van der Waals surface area contributed by atoms with Crippen molar-refractivity contribution in [1.82, 2.24) is 0 Å². The van der Waals surface area contributed by atoms with Gasteiger partial charge in [-0.05, 0) is 12.2 Å². The smallest absolute Gasteiger partial charge is 0.146 e. The van der Waals surface area contributed by atoms with Crippen molar-refractivity contribution in [2.75, 3.05) is 6.61 Å². The topological polar surface area (TPSA) is 34.0 Å². The molecular weight excluding hydrogens is 128 g/mol. The maximum Gasteiger partial charge on any atom is 0.146 e. The van der Waals surface area contributed by atoms with E-state index in [9.17, 15) is 0 Å². The normalized spacial score (nSPS) is 20.8. The van der Waals surface area contributed by atoms with Gasteiger partial charge >= 0.3 is 0 Å². The second-order valence-electron chi connectivity index (χ2n) is 2.01. The molecule has 50 valence electrons. The second-order valence-corrected chi connectivity index (χ2v) is 2.01. The van der Waals surface area contributed by atoms with Crippen LogP contribution in [0.4, 0.5) is 0 Å². The van der Waals surface area contributed by atoms with E-state index in [1.807, 2.05) is 12.2 Å². The molecule has 0 N–H and O–H groups in total. The molecule has 3 nitrogen and oxygen atoms in total. The summed E-state index contributed by atoms with van der Waals surface area (Å²) >= 11 is 0. The van der Waals surface area contributed by atoms with Crippen LogP contribution in [0.5, 0.6) is 0 Å². The Morgan fingerprint density at radius 1 is 1.40 bits per heavy atom. The number of hydrogen-bond donors (Lipinski definition) is 0. The van der Waals surface area contributed by atoms with Gasteiger partial charge in [0.25, 0.3) is 0 Å². The van der Waals surface area contributed by atoms with Gasteiger partial charge in [-0.25, -0.2) is 0 Å². The lowest BCUT2D eigenvalue weighted by atomic mass is 10.2. The van der Waals surface area contributed by atoms with Crippen LogP contribution in [-0.4, -0.2) is 6.61 Å². The van der Waals surface area contributed by atoms with E-state index >= 15 is 0 Å². The van der Waals surface area contributed by atoms with Crippen LogP contribution in [0.15, 0.2) is 46.1 Å². The number of fused-ring (bicyclic) bond motifs is 1. The molecule has 0 radical (unpaired) electrons. The summed E-state index contributed by atoms with van der Waals surface area (Å²) in [5, 5.41) is 7.42. The maximum atomic E-state index is 5.20. The summed E-state index contributed by atoms with van der Waals surface area (Å²) < 4.78 is 5.20. The van der Waals surface area contributed by atoms with Gasteiger partial charge in [0.05, 0.1) is 12.4 Å². The minimum atomic E-state index is 0.654. The Kier molecular flexibility index (Phi) is 1.13. The number of azo groups is 1. The van der Waals surface area contributed by atoms with Gasteiger partial charge in [0.2, 0.25) is 0 Å². The van der Waals surface area contributed by atoms with Gasteiger partial charge in [-0.3, -0.25) is 0 Å². The van der Waals surface area contributed by atoms with E-state index < -0.39 is 0 Å². The van der Waals surface area contributed by atoms with Gasteiger partial charge in [0, 0.05) is 5.57 Å². The predicted molar refractivity (Wildman–Crippen MR) is 36.1 cm³/mol. The van der Waals surface area contributed by atoms with E-state index in [1.54, 1.807) is 12.4 Å². The van der Waals surface area contributed by atoms with Crippen molar-refractivity contribution in [3.8, 4) is 0 Å². The minimum absolute atomic E-state index is 0.654. The van der Waals surface area contributed by atoms with Crippen molar-refractivity contribution in [3.63, 3.8) is 0 Å². The van der Waals surface area contributed by atoms with Crippen LogP contribution in [0.2, 0.25) is 0 Å². The van der Waals surface area contributed by atoms with E-state index in [-0.39, 0.29) is 0 Å². The Labute approximate surface area is 58.4 Å². The highest BCUT2D eigenvalue weighted by atomic mass is 16.5. The van der Waals surface area contributed by atoms with Gasteiger partial charge in [-0.1, -0.05) is 0 Å². The predicted octanol–water partition coefficient (Wildman–Crippen LogP) is 1.76. The van der Waals surface area contributed by atoms with E-state index in [4.69, 9.17) is 4.74 Å². The van der Waals surface area contributed by atoms with Gasteiger partial charge < -0.3 is 4.74 Å². The van der Waals surface area contributed by atoms with Crippen LogP contribution in [-0.2, 0) is 4.74 Å². The van der Waals surface area contributed by atoms with Crippen LogP contribution in [0.1, 0.15) is 0 Å². The summed E-state index contributed by atoms with van der Waals surface area (Å²) in [4.78, 5) is 0. The van der Waals surface area contributed by atoms with Crippen molar-refractivity contribution in [3.05, 3.63) is 35.9 Å². The molecule has 2 aliphatic rings. The minimum Gasteiger partial charge on any atom is -0.487 e. The molecule has 3 heteroatoms. The molecule has 0 unspecified atom stereocenters. The Morgan fingerprint density at radius 3 is 3.40 bits per heavy atom. The highest BCUT2D eigenvalue weighted by molar-refractivity contribution is 5.39. The molecule has 0 aromatic heterocycles. The average Bonchev–Trinajstić information content (AvgIpc) is 2.28. The zero-order valence-corrected chi connectivity index (χ0v) is 5.32. The molecule has 0 spiro atoms. The highest BCUT2D eigenvalue weighted by Gasteiger charge is 2.10. The van der Waals surface area contributed by atoms with Crippen molar-refractivity contribution in [2.24, 2.45) is 10.2 Å². The summed E-state index contributed by atoms with van der Waals surface area (Å²) in [6.07, 6.45) is 7.16. The van der Waals surface area contributed by atoms with Gasteiger partial charge in [0.1, 0.15) is 12.4 Å². The first-order valence-corrected chi connectivity index (χ1v) is 3.07. The lowest BCUT2D eigenvalue weighted by Crippen LogP contribution is -1.81. The Bertz CT molecular complexity index is 261. The number of rotatable bonds is 0. The molecule has 2 rings (SSSR count). The molecule has 10 heavy (non-hydrogen) atoms. The van der Waals surface area contributed by atoms with Crippen LogP contribution < -0.4 is 0 Å². The average molecular weight is 134 g/mol. The Morgan fingerprint density at radius 2 is 2.40 bits per heavy atom. The molecule has 2 aliphatic heterocycles. The zero-order chi connectivity index (χ0) is 6.81. The molecule has 0 saturated heterocycles. The monoisotopic (exact) mass is 134 g/mol. The SMILES string of the molecule is C1=CC2=CCOC2=CN=N1. The van der Waals surface area contributed by atoms with Crippen molar-refractivity contribution in [2.45, 2.75) is 0 Å². The number of hydrogen-bond acceptors (Lipinski definition) is 3. The fourth-order valence-corrected chi connectivity index (χ4v) is 0.905. The summed E-state index contributed by atoms with van der Waals surface area (Å²) in [5.41, 5.74) is 1.07. The molecule has 0 aliphatic carbocycles. The Balaban J connectivity index is 2.42. The van der Waals surface area contributed by atoms with Gasteiger partial charge in [-0.2, -0.15) is 10.2 Å². The van der Waals surface area contributed by atoms with Crippen molar-refractivity contribution >= 4 is 0 Å².